The summed E-state index contributed by atoms with van der Waals surface area (Å²) >= 11 is 0. The molecule has 0 saturated carbocycles. The van der Waals surface area contributed by atoms with Crippen molar-refractivity contribution in [2.75, 3.05) is 14.1 Å². The van der Waals surface area contributed by atoms with Gasteiger partial charge in [0.05, 0.1) is 0 Å². The largest absolute Gasteiger partial charge is 0.345 e. The zero-order valence-electron chi connectivity index (χ0n) is 7.14. The van der Waals surface area contributed by atoms with Crippen LogP contribution in [-0.2, 0) is 4.79 Å². The van der Waals surface area contributed by atoms with Crippen molar-refractivity contribution in [3.63, 3.8) is 0 Å². The van der Waals surface area contributed by atoms with Gasteiger partial charge in [-0.3, -0.25) is 4.79 Å². The van der Waals surface area contributed by atoms with Crippen LogP contribution in [0.1, 0.15) is 13.8 Å². The molecule has 10 heavy (non-hydrogen) atoms. The second-order valence-corrected chi connectivity index (χ2v) is 2.88. The summed E-state index contributed by atoms with van der Waals surface area (Å²) in [4.78, 5) is 12.7. The van der Waals surface area contributed by atoms with Crippen molar-refractivity contribution in [3.05, 3.63) is 12.2 Å². The van der Waals surface area contributed by atoms with E-state index in [1.165, 1.54) is 0 Å². The van der Waals surface area contributed by atoms with Crippen molar-refractivity contribution in [1.29, 1.82) is 0 Å². The second-order valence-electron chi connectivity index (χ2n) is 2.88. The summed E-state index contributed by atoms with van der Waals surface area (Å²) in [5, 5.41) is 0. The lowest BCUT2D eigenvalue weighted by Gasteiger charge is -2.14. The Morgan fingerprint density at radius 1 is 1.40 bits per heavy atom. The smallest absolute Gasteiger partial charge is 0.248 e. The average Bonchev–Trinajstić information content (AvgIpc) is 1.84. The molecule has 0 radical (unpaired) electrons. The fourth-order valence-electron chi connectivity index (χ4n) is 0.534. The summed E-state index contributed by atoms with van der Waals surface area (Å²) in [6, 6.07) is 0. The molecule has 2 nitrogen and oxygen atoms in total. The fourth-order valence-corrected chi connectivity index (χ4v) is 0.534. The molecule has 0 aliphatic rings. The Bertz CT molecular complexity index is 129. The van der Waals surface area contributed by atoms with E-state index in [1.807, 2.05) is 13.8 Å². The Hall–Kier alpha value is -0.790. The highest BCUT2D eigenvalue weighted by Gasteiger charge is 2.11. The summed E-state index contributed by atoms with van der Waals surface area (Å²) in [5.74, 6) is 0.268. The Morgan fingerprint density at radius 3 is 1.90 bits per heavy atom. The minimum atomic E-state index is 0.0231. The van der Waals surface area contributed by atoms with E-state index in [9.17, 15) is 4.79 Å². The highest BCUT2D eigenvalue weighted by atomic mass is 16.2. The molecule has 0 heterocycles. The van der Waals surface area contributed by atoms with E-state index in [-0.39, 0.29) is 11.8 Å². The molecule has 0 bridgehead atoms. The number of hydrogen-bond donors (Lipinski definition) is 0. The summed E-state index contributed by atoms with van der Waals surface area (Å²) in [7, 11) is 3.46. The zero-order chi connectivity index (χ0) is 8.31. The van der Waals surface area contributed by atoms with E-state index in [2.05, 4.69) is 6.58 Å². The van der Waals surface area contributed by atoms with Crippen LogP contribution in [0.2, 0.25) is 0 Å². The predicted octanol–water partition coefficient (Wildman–Crippen LogP) is 1.29. The number of likely N-dealkylation sites (N-methyl/N-ethyl adjacent to an activating group) is 1. The molecular weight excluding hydrogens is 126 g/mol. The second kappa shape index (κ2) is 3.40. The van der Waals surface area contributed by atoms with Crippen LogP contribution in [0.5, 0.6) is 0 Å². The van der Waals surface area contributed by atoms with Crippen molar-refractivity contribution >= 4 is 5.91 Å². The molecular formula is C8H15NO. The Morgan fingerprint density at radius 2 is 1.80 bits per heavy atom. The van der Waals surface area contributed by atoms with Gasteiger partial charge < -0.3 is 4.90 Å². The Labute approximate surface area is 62.5 Å². The van der Waals surface area contributed by atoms with Gasteiger partial charge in [0.25, 0.3) is 0 Å². The van der Waals surface area contributed by atoms with Crippen LogP contribution >= 0.6 is 0 Å². The lowest BCUT2D eigenvalue weighted by Crippen LogP contribution is -2.24. The van der Waals surface area contributed by atoms with Gasteiger partial charge in [-0.2, -0.15) is 0 Å². The molecule has 0 saturated heterocycles. The zero-order valence-corrected chi connectivity index (χ0v) is 7.14. The van der Waals surface area contributed by atoms with Gasteiger partial charge >= 0.3 is 0 Å². The van der Waals surface area contributed by atoms with Crippen molar-refractivity contribution < 1.29 is 4.79 Å². The fraction of sp³-hybridized carbons (Fsp3) is 0.625. The molecule has 1 amide bonds. The lowest BCUT2D eigenvalue weighted by molar-refractivity contribution is -0.125. The van der Waals surface area contributed by atoms with Gasteiger partial charge in [-0.15, -0.1) is 0 Å². The third-order valence-corrected chi connectivity index (χ3v) is 1.38. The van der Waals surface area contributed by atoms with Crippen molar-refractivity contribution in [2.24, 2.45) is 5.92 Å². The van der Waals surface area contributed by atoms with Crippen LogP contribution in [-0.4, -0.2) is 24.9 Å². The molecule has 2 heteroatoms. The highest BCUT2D eigenvalue weighted by molar-refractivity contribution is 5.92. The number of amides is 1. The van der Waals surface area contributed by atoms with E-state index < -0.39 is 0 Å². The van der Waals surface area contributed by atoms with Gasteiger partial charge in [0, 0.05) is 19.7 Å². The van der Waals surface area contributed by atoms with E-state index in [0.717, 1.165) is 0 Å². The van der Waals surface area contributed by atoms with Crippen LogP contribution in [0.3, 0.4) is 0 Å². The third kappa shape index (κ3) is 2.21. The molecule has 0 aromatic rings. The van der Waals surface area contributed by atoms with Crippen molar-refractivity contribution in [1.82, 2.24) is 4.90 Å². The molecule has 0 unspecified atom stereocenters. The number of carbonyl (C=O) groups excluding carboxylic acids is 1. The van der Waals surface area contributed by atoms with Crippen LogP contribution < -0.4 is 0 Å². The van der Waals surface area contributed by atoms with Gasteiger partial charge in [-0.05, 0) is 5.92 Å². The molecule has 0 N–H and O–H groups in total. The quantitative estimate of drug-likeness (QED) is 0.530. The SMILES string of the molecule is C=C(C(=O)N(C)C)C(C)C. The predicted molar refractivity (Wildman–Crippen MR) is 42.7 cm³/mol. The van der Waals surface area contributed by atoms with E-state index in [4.69, 9.17) is 0 Å². The van der Waals surface area contributed by atoms with E-state index in [0.29, 0.717) is 5.57 Å². The van der Waals surface area contributed by atoms with Gasteiger partial charge in [-0.25, -0.2) is 0 Å². The van der Waals surface area contributed by atoms with Gasteiger partial charge in [0.2, 0.25) is 5.91 Å². The van der Waals surface area contributed by atoms with Gasteiger partial charge in [0.1, 0.15) is 0 Å². The summed E-state index contributed by atoms with van der Waals surface area (Å²) in [6.07, 6.45) is 0. The Kier molecular flexibility index (Phi) is 3.13. The van der Waals surface area contributed by atoms with Crippen LogP contribution in [0.4, 0.5) is 0 Å². The first-order valence-corrected chi connectivity index (χ1v) is 3.37. The topological polar surface area (TPSA) is 20.3 Å². The van der Waals surface area contributed by atoms with Gasteiger partial charge in [-0.1, -0.05) is 20.4 Å². The molecule has 0 rings (SSSR count). The molecule has 0 fully saturated rings. The summed E-state index contributed by atoms with van der Waals surface area (Å²) in [5.41, 5.74) is 0.671. The molecule has 58 valence electrons. The minimum Gasteiger partial charge on any atom is -0.345 e. The normalized spacial score (nSPS) is 9.70. The van der Waals surface area contributed by atoms with Crippen LogP contribution in [0, 0.1) is 5.92 Å². The number of rotatable bonds is 2. The first kappa shape index (κ1) is 9.21. The molecule has 0 aliphatic heterocycles. The van der Waals surface area contributed by atoms with Gasteiger partial charge in [0.15, 0.2) is 0 Å². The first-order chi connectivity index (χ1) is 4.46. The Balaban J connectivity index is 4.10. The lowest BCUT2D eigenvalue weighted by atomic mass is 10.0. The molecule has 0 aromatic heterocycles. The molecule has 0 atom stereocenters. The molecule has 0 aromatic carbocycles. The monoisotopic (exact) mass is 141 g/mol. The van der Waals surface area contributed by atoms with Crippen LogP contribution in [0.15, 0.2) is 12.2 Å². The number of carbonyl (C=O) groups is 1. The summed E-state index contributed by atoms with van der Waals surface area (Å²) < 4.78 is 0. The van der Waals surface area contributed by atoms with E-state index >= 15 is 0 Å². The maximum atomic E-state index is 11.1. The number of hydrogen-bond acceptors (Lipinski definition) is 1. The average molecular weight is 141 g/mol. The minimum absolute atomic E-state index is 0.0231. The van der Waals surface area contributed by atoms with E-state index in [1.54, 1.807) is 19.0 Å². The maximum absolute atomic E-state index is 11.1. The number of nitrogens with zero attached hydrogens (tertiary/aromatic N) is 1. The maximum Gasteiger partial charge on any atom is 0.248 e. The first-order valence-electron chi connectivity index (χ1n) is 3.37. The summed E-state index contributed by atoms with van der Waals surface area (Å²) in [6.45, 7) is 7.61. The molecule has 0 aliphatic carbocycles. The third-order valence-electron chi connectivity index (χ3n) is 1.38. The van der Waals surface area contributed by atoms with Crippen LogP contribution in [0.25, 0.3) is 0 Å². The van der Waals surface area contributed by atoms with Crippen molar-refractivity contribution in [3.8, 4) is 0 Å². The molecule has 0 spiro atoms. The standard InChI is InChI=1S/C8H15NO/c1-6(2)7(3)8(10)9(4)5/h6H,3H2,1-2,4-5H3. The van der Waals surface area contributed by atoms with Crippen molar-refractivity contribution in [2.45, 2.75) is 13.8 Å². The highest BCUT2D eigenvalue weighted by Crippen LogP contribution is 2.07.